The van der Waals surface area contributed by atoms with Gasteiger partial charge in [0.15, 0.2) is 11.5 Å². The van der Waals surface area contributed by atoms with E-state index in [1.54, 1.807) is 0 Å². The summed E-state index contributed by atoms with van der Waals surface area (Å²) in [5.74, 6) is -0.768. The van der Waals surface area contributed by atoms with Gasteiger partial charge in [-0.05, 0) is 24.3 Å². The first-order valence-electron chi connectivity index (χ1n) is 7.21. The summed E-state index contributed by atoms with van der Waals surface area (Å²) in [6.45, 7) is 2.71. The van der Waals surface area contributed by atoms with Crippen molar-refractivity contribution in [1.29, 1.82) is 0 Å². The summed E-state index contributed by atoms with van der Waals surface area (Å²) in [5.41, 5.74) is 0.869. The number of anilines is 2. The van der Waals surface area contributed by atoms with E-state index in [0.717, 1.165) is 7.69 Å². The highest BCUT2D eigenvalue weighted by molar-refractivity contribution is 6.21. The Morgan fingerprint density at radius 1 is 0.840 bits per heavy atom. The molecule has 2 amide bonds. The van der Waals surface area contributed by atoms with Crippen molar-refractivity contribution in [2.45, 2.75) is 13.8 Å². The minimum atomic E-state index is -0.267. The Morgan fingerprint density at radius 3 is 1.60 bits per heavy atom. The number of phenols is 2. The standard InChI is InChI=1S/C16H16BN2O6/c1-9(20)18-11-3-5-13(22)15(7-11)24-17-25-16-8-12(19-10(2)21)4-6-14(16)23/h3-8,22-23H,1-2H3,(H,18,20)(H,19,21). The first-order valence-corrected chi connectivity index (χ1v) is 7.21. The van der Waals surface area contributed by atoms with Crippen LogP contribution < -0.4 is 19.9 Å². The second kappa shape index (κ2) is 7.96. The number of carbonyl (C=O) groups excluding carboxylic acids is 2. The van der Waals surface area contributed by atoms with Crippen LogP contribution in [0.2, 0.25) is 0 Å². The van der Waals surface area contributed by atoms with Crippen LogP contribution in [0.25, 0.3) is 0 Å². The van der Waals surface area contributed by atoms with E-state index in [9.17, 15) is 19.8 Å². The highest BCUT2D eigenvalue weighted by Gasteiger charge is 2.11. The van der Waals surface area contributed by atoms with Crippen molar-refractivity contribution in [2.24, 2.45) is 0 Å². The first kappa shape index (κ1) is 18.0. The van der Waals surface area contributed by atoms with Gasteiger partial charge in [-0.15, -0.1) is 0 Å². The van der Waals surface area contributed by atoms with Crippen molar-refractivity contribution in [1.82, 2.24) is 0 Å². The molecule has 0 atom stereocenters. The minimum Gasteiger partial charge on any atom is -0.524 e. The Morgan fingerprint density at radius 2 is 1.24 bits per heavy atom. The lowest BCUT2D eigenvalue weighted by Crippen LogP contribution is -2.12. The van der Waals surface area contributed by atoms with Gasteiger partial charge in [0.05, 0.1) is 0 Å². The highest BCUT2D eigenvalue weighted by atomic mass is 16.6. The summed E-state index contributed by atoms with van der Waals surface area (Å²) in [6, 6.07) is 8.53. The largest absolute Gasteiger partial charge is 0.658 e. The van der Waals surface area contributed by atoms with Gasteiger partial charge in [-0.3, -0.25) is 9.59 Å². The predicted octanol–water partition coefficient (Wildman–Crippen LogP) is 2.01. The molecule has 1 radical (unpaired) electrons. The molecule has 8 nitrogen and oxygen atoms in total. The summed E-state index contributed by atoms with van der Waals surface area (Å²) >= 11 is 0. The van der Waals surface area contributed by atoms with E-state index in [4.69, 9.17) is 9.31 Å². The Balaban J connectivity index is 2.03. The topological polar surface area (TPSA) is 117 Å². The van der Waals surface area contributed by atoms with Crippen LogP contribution >= 0.6 is 0 Å². The maximum absolute atomic E-state index is 11.0. The molecule has 2 aromatic rings. The van der Waals surface area contributed by atoms with Crippen LogP contribution in [-0.2, 0) is 9.59 Å². The average molecular weight is 343 g/mol. The molecule has 0 heterocycles. The lowest BCUT2D eigenvalue weighted by molar-refractivity contribution is -0.115. The molecule has 0 aliphatic heterocycles. The predicted molar refractivity (Wildman–Crippen MR) is 91.8 cm³/mol. The van der Waals surface area contributed by atoms with Gasteiger partial charge in [0, 0.05) is 37.4 Å². The summed E-state index contributed by atoms with van der Waals surface area (Å²) in [6.07, 6.45) is 0. The maximum Gasteiger partial charge on any atom is 0.658 e. The summed E-state index contributed by atoms with van der Waals surface area (Å²) in [4.78, 5) is 22.1. The average Bonchev–Trinajstić information content (AvgIpc) is 2.52. The van der Waals surface area contributed by atoms with E-state index in [2.05, 4.69) is 10.6 Å². The quantitative estimate of drug-likeness (QED) is 0.471. The van der Waals surface area contributed by atoms with Gasteiger partial charge in [-0.2, -0.15) is 0 Å². The number of phenolic OH excluding ortho intramolecular Hbond substituents is 2. The van der Waals surface area contributed by atoms with Crippen LogP contribution in [0.1, 0.15) is 13.8 Å². The van der Waals surface area contributed by atoms with Crippen molar-refractivity contribution in [3.63, 3.8) is 0 Å². The molecule has 0 unspecified atom stereocenters. The zero-order valence-electron chi connectivity index (χ0n) is 13.6. The Kier molecular flexibility index (Phi) is 5.73. The second-order valence-electron chi connectivity index (χ2n) is 5.06. The smallest absolute Gasteiger partial charge is 0.524 e. The monoisotopic (exact) mass is 343 g/mol. The van der Waals surface area contributed by atoms with Gasteiger partial charge in [-0.25, -0.2) is 0 Å². The number of hydrogen-bond acceptors (Lipinski definition) is 6. The van der Waals surface area contributed by atoms with Crippen molar-refractivity contribution < 1.29 is 29.1 Å². The van der Waals surface area contributed by atoms with E-state index < -0.39 is 0 Å². The van der Waals surface area contributed by atoms with Gasteiger partial charge in [0.2, 0.25) is 11.8 Å². The van der Waals surface area contributed by atoms with Crippen LogP contribution in [0.5, 0.6) is 23.0 Å². The van der Waals surface area contributed by atoms with Crippen LogP contribution in [0.3, 0.4) is 0 Å². The third-order valence-corrected chi connectivity index (χ3v) is 2.91. The van der Waals surface area contributed by atoms with Crippen molar-refractivity contribution in [3.05, 3.63) is 36.4 Å². The lowest BCUT2D eigenvalue weighted by atomic mass is 10.2. The fourth-order valence-corrected chi connectivity index (χ4v) is 1.91. The second-order valence-corrected chi connectivity index (χ2v) is 5.06. The molecular formula is C16H16BN2O6. The molecule has 2 rings (SSSR count). The van der Waals surface area contributed by atoms with E-state index in [-0.39, 0.29) is 34.8 Å². The third kappa shape index (κ3) is 5.34. The zero-order valence-corrected chi connectivity index (χ0v) is 13.6. The molecule has 0 spiro atoms. The molecule has 4 N–H and O–H groups in total. The van der Waals surface area contributed by atoms with Crippen LogP contribution in [-0.4, -0.2) is 29.7 Å². The molecule has 0 bridgehead atoms. The number of nitrogens with one attached hydrogen (secondary N) is 2. The Bertz CT molecular complexity index is 731. The molecule has 0 aliphatic carbocycles. The highest BCUT2D eigenvalue weighted by Crippen LogP contribution is 2.31. The molecule has 0 fully saturated rings. The SMILES string of the molecule is CC(=O)Nc1ccc(O)c(O[B]Oc2cc(NC(C)=O)ccc2O)c1. The van der Waals surface area contributed by atoms with Gasteiger partial charge >= 0.3 is 7.69 Å². The zero-order chi connectivity index (χ0) is 18.4. The molecule has 9 heteroatoms. The van der Waals surface area contributed by atoms with E-state index in [1.807, 2.05) is 0 Å². The molecule has 0 aromatic heterocycles. The third-order valence-electron chi connectivity index (χ3n) is 2.91. The fraction of sp³-hybridized carbons (Fsp3) is 0.125. The number of amides is 2. The van der Waals surface area contributed by atoms with Crippen molar-refractivity contribution in [3.8, 4) is 23.0 Å². The number of benzene rings is 2. The molecule has 0 saturated heterocycles. The Labute approximate surface area is 144 Å². The summed E-state index contributed by atoms with van der Waals surface area (Å²) in [5, 5.41) is 24.6. The van der Waals surface area contributed by atoms with Crippen molar-refractivity contribution in [2.75, 3.05) is 10.6 Å². The van der Waals surface area contributed by atoms with E-state index >= 15 is 0 Å². The maximum atomic E-state index is 11.0. The first-order chi connectivity index (χ1) is 11.8. The number of aromatic hydroxyl groups is 2. The fourth-order valence-electron chi connectivity index (χ4n) is 1.91. The Hall–Kier alpha value is -3.36. The van der Waals surface area contributed by atoms with Gasteiger partial charge < -0.3 is 30.2 Å². The van der Waals surface area contributed by atoms with Crippen LogP contribution in [0.4, 0.5) is 11.4 Å². The normalized spacial score (nSPS) is 9.84. The number of carbonyl (C=O) groups is 2. The van der Waals surface area contributed by atoms with Crippen molar-refractivity contribution >= 4 is 30.9 Å². The molecular weight excluding hydrogens is 327 g/mol. The summed E-state index contributed by atoms with van der Waals surface area (Å²) < 4.78 is 10.4. The molecule has 129 valence electrons. The number of hydrogen-bond donors (Lipinski definition) is 4. The van der Waals surface area contributed by atoms with Gasteiger partial charge in [0.1, 0.15) is 11.5 Å². The molecule has 2 aromatic carbocycles. The van der Waals surface area contributed by atoms with Crippen LogP contribution in [0, 0.1) is 0 Å². The number of rotatable bonds is 6. The molecule has 0 saturated carbocycles. The molecule has 0 aliphatic rings. The van der Waals surface area contributed by atoms with Gasteiger partial charge in [0.25, 0.3) is 0 Å². The van der Waals surface area contributed by atoms with Crippen LogP contribution in [0.15, 0.2) is 36.4 Å². The minimum absolute atomic E-state index is 0.0451. The van der Waals surface area contributed by atoms with Gasteiger partial charge in [-0.1, -0.05) is 0 Å². The van der Waals surface area contributed by atoms with E-state index in [0.29, 0.717) is 11.4 Å². The summed E-state index contributed by atoms with van der Waals surface area (Å²) in [7, 11) is 0.902. The van der Waals surface area contributed by atoms with E-state index in [1.165, 1.54) is 50.2 Å². The molecule has 25 heavy (non-hydrogen) atoms. The lowest BCUT2D eigenvalue weighted by Gasteiger charge is -2.12.